The Balaban J connectivity index is 1.69. The van der Waals surface area contributed by atoms with E-state index in [0.29, 0.717) is 5.82 Å². The van der Waals surface area contributed by atoms with Crippen LogP contribution in [0.5, 0.6) is 11.5 Å². The number of ether oxygens (including phenoxy) is 1. The number of nitrogens with one attached hydrogen (secondary N) is 1. The number of nitrogens with two attached hydrogens (primary N) is 1. The van der Waals surface area contributed by atoms with E-state index in [0.717, 1.165) is 33.7 Å². The number of fused-ring (bicyclic) bond motifs is 1. The third-order valence-electron chi connectivity index (χ3n) is 3.61. The molecule has 0 aliphatic heterocycles. The topological polar surface area (TPSA) is 76.8 Å². The van der Waals surface area contributed by atoms with Gasteiger partial charge in [-0.05, 0) is 42.5 Å². The number of hydrogen-bond donors (Lipinski definition) is 2. The molecular weight excluding hydrogens is 288 g/mol. The number of pyridine rings is 1. The first-order valence-corrected chi connectivity index (χ1v) is 7.23. The first kappa shape index (κ1) is 13.3. The lowest BCUT2D eigenvalue weighted by atomic mass is 10.1. The lowest BCUT2D eigenvalue weighted by Gasteiger charge is -2.07. The fourth-order valence-corrected chi connectivity index (χ4v) is 2.51. The van der Waals surface area contributed by atoms with E-state index in [1.54, 1.807) is 6.20 Å². The smallest absolute Gasteiger partial charge is 0.155 e. The lowest BCUT2D eigenvalue weighted by Crippen LogP contribution is -1.90. The van der Waals surface area contributed by atoms with Crippen LogP contribution in [0.25, 0.3) is 22.2 Å². The molecule has 5 nitrogen and oxygen atoms in total. The van der Waals surface area contributed by atoms with Crippen LogP contribution in [0.4, 0.5) is 5.82 Å². The number of aromatic amines is 1. The number of nitrogen functional groups attached to an aromatic ring is 1. The summed E-state index contributed by atoms with van der Waals surface area (Å²) in [7, 11) is 0. The van der Waals surface area contributed by atoms with Gasteiger partial charge in [0.15, 0.2) is 5.82 Å². The van der Waals surface area contributed by atoms with Gasteiger partial charge in [-0.2, -0.15) is 5.10 Å². The highest BCUT2D eigenvalue weighted by molar-refractivity contribution is 5.99. The summed E-state index contributed by atoms with van der Waals surface area (Å²) >= 11 is 0. The maximum Gasteiger partial charge on any atom is 0.155 e. The van der Waals surface area contributed by atoms with Gasteiger partial charge in [-0.25, -0.2) is 0 Å². The van der Waals surface area contributed by atoms with Crippen molar-refractivity contribution < 1.29 is 4.74 Å². The molecule has 0 atom stereocenters. The Hall–Kier alpha value is -3.34. The van der Waals surface area contributed by atoms with Gasteiger partial charge in [-0.3, -0.25) is 10.1 Å². The Kier molecular flexibility index (Phi) is 3.16. The summed E-state index contributed by atoms with van der Waals surface area (Å²) in [5.74, 6) is 2.03. The normalized spacial score (nSPS) is 10.8. The molecule has 0 aliphatic carbocycles. The molecule has 0 bridgehead atoms. The van der Waals surface area contributed by atoms with Gasteiger partial charge in [0.05, 0.1) is 16.6 Å². The molecule has 2 aromatic carbocycles. The Morgan fingerprint density at radius 2 is 1.61 bits per heavy atom. The number of aromatic nitrogens is 3. The van der Waals surface area contributed by atoms with Crippen molar-refractivity contribution in [1.82, 2.24) is 15.2 Å². The number of nitrogens with zero attached hydrogens (tertiary/aromatic N) is 2. The predicted molar refractivity (Wildman–Crippen MR) is 90.3 cm³/mol. The summed E-state index contributed by atoms with van der Waals surface area (Å²) in [4.78, 5) is 4.44. The number of anilines is 1. The minimum Gasteiger partial charge on any atom is -0.457 e. The molecule has 0 radical (unpaired) electrons. The van der Waals surface area contributed by atoms with E-state index in [4.69, 9.17) is 10.5 Å². The second kappa shape index (κ2) is 5.46. The Labute approximate surface area is 132 Å². The molecule has 23 heavy (non-hydrogen) atoms. The molecule has 112 valence electrons. The standard InChI is InChI=1S/C18H14N4O/c19-18-16-15(21-22-18)10-11-20-17(16)12-6-8-14(9-7-12)23-13-4-2-1-3-5-13/h1-11H,(H3,19,21,22). The summed E-state index contributed by atoms with van der Waals surface area (Å²) in [5, 5.41) is 7.78. The van der Waals surface area contributed by atoms with Crippen LogP contribution in [0.3, 0.4) is 0 Å². The van der Waals surface area contributed by atoms with Crippen molar-refractivity contribution in [3.05, 3.63) is 66.9 Å². The summed E-state index contributed by atoms with van der Waals surface area (Å²) < 4.78 is 5.80. The van der Waals surface area contributed by atoms with Crippen LogP contribution < -0.4 is 10.5 Å². The average Bonchev–Trinajstić information content (AvgIpc) is 2.98. The molecule has 4 rings (SSSR count). The van der Waals surface area contributed by atoms with Crippen LogP contribution in [0, 0.1) is 0 Å². The van der Waals surface area contributed by atoms with Gasteiger partial charge in [0, 0.05) is 11.8 Å². The van der Waals surface area contributed by atoms with Crippen molar-refractivity contribution in [2.75, 3.05) is 5.73 Å². The van der Waals surface area contributed by atoms with E-state index in [9.17, 15) is 0 Å². The van der Waals surface area contributed by atoms with Gasteiger partial charge in [-0.15, -0.1) is 0 Å². The zero-order valence-electron chi connectivity index (χ0n) is 12.2. The van der Waals surface area contributed by atoms with Crippen molar-refractivity contribution >= 4 is 16.7 Å². The third kappa shape index (κ3) is 2.48. The molecule has 0 saturated carbocycles. The van der Waals surface area contributed by atoms with E-state index < -0.39 is 0 Å². The fourth-order valence-electron chi connectivity index (χ4n) is 2.51. The van der Waals surface area contributed by atoms with Crippen LogP contribution >= 0.6 is 0 Å². The number of hydrogen-bond acceptors (Lipinski definition) is 4. The zero-order valence-corrected chi connectivity index (χ0v) is 12.2. The molecule has 2 aromatic heterocycles. The van der Waals surface area contributed by atoms with Crippen molar-refractivity contribution in [1.29, 1.82) is 0 Å². The van der Waals surface area contributed by atoms with E-state index in [1.807, 2.05) is 60.7 Å². The summed E-state index contributed by atoms with van der Waals surface area (Å²) in [6, 6.07) is 19.3. The molecule has 3 N–H and O–H groups in total. The zero-order chi connectivity index (χ0) is 15.6. The highest BCUT2D eigenvalue weighted by Crippen LogP contribution is 2.31. The predicted octanol–water partition coefficient (Wildman–Crippen LogP) is 4.00. The molecular formula is C18H14N4O. The van der Waals surface area contributed by atoms with Gasteiger partial charge >= 0.3 is 0 Å². The van der Waals surface area contributed by atoms with Crippen molar-refractivity contribution in [3.63, 3.8) is 0 Å². The first-order chi connectivity index (χ1) is 11.3. The van der Waals surface area contributed by atoms with Gasteiger partial charge in [0.1, 0.15) is 11.5 Å². The summed E-state index contributed by atoms with van der Waals surface area (Å²) in [6.07, 6.45) is 1.74. The van der Waals surface area contributed by atoms with Crippen molar-refractivity contribution in [2.24, 2.45) is 0 Å². The molecule has 0 unspecified atom stereocenters. The Bertz CT molecular complexity index is 946. The fraction of sp³-hybridized carbons (Fsp3) is 0. The van der Waals surface area contributed by atoms with Crippen LogP contribution in [0.2, 0.25) is 0 Å². The van der Waals surface area contributed by atoms with Gasteiger partial charge in [0.2, 0.25) is 0 Å². The SMILES string of the molecule is Nc1n[nH]c2ccnc(-c3ccc(Oc4ccccc4)cc3)c12. The van der Waals surface area contributed by atoms with E-state index in [1.165, 1.54) is 0 Å². The summed E-state index contributed by atoms with van der Waals surface area (Å²) in [5.41, 5.74) is 8.58. The van der Waals surface area contributed by atoms with Crippen LogP contribution in [0.15, 0.2) is 66.9 Å². The highest BCUT2D eigenvalue weighted by Gasteiger charge is 2.11. The molecule has 0 saturated heterocycles. The van der Waals surface area contributed by atoms with E-state index in [-0.39, 0.29) is 0 Å². The molecule has 0 amide bonds. The minimum absolute atomic E-state index is 0.452. The molecule has 2 heterocycles. The second-order valence-electron chi connectivity index (χ2n) is 5.13. The second-order valence-corrected chi connectivity index (χ2v) is 5.13. The van der Waals surface area contributed by atoms with E-state index >= 15 is 0 Å². The summed E-state index contributed by atoms with van der Waals surface area (Å²) in [6.45, 7) is 0. The van der Waals surface area contributed by atoms with Crippen molar-refractivity contribution in [2.45, 2.75) is 0 Å². The molecule has 4 aromatic rings. The average molecular weight is 302 g/mol. The number of benzene rings is 2. The Morgan fingerprint density at radius 1 is 0.870 bits per heavy atom. The van der Waals surface area contributed by atoms with Crippen molar-refractivity contribution in [3.8, 4) is 22.8 Å². The monoisotopic (exact) mass is 302 g/mol. The molecule has 0 aliphatic rings. The first-order valence-electron chi connectivity index (χ1n) is 7.23. The largest absolute Gasteiger partial charge is 0.457 e. The van der Waals surface area contributed by atoms with Gasteiger partial charge in [-0.1, -0.05) is 18.2 Å². The van der Waals surface area contributed by atoms with Crippen LogP contribution in [0.1, 0.15) is 0 Å². The molecule has 0 spiro atoms. The third-order valence-corrected chi connectivity index (χ3v) is 3.61. The van der Waals surface area contributed by atoms with Gasteiger partial charge < -0.3 is 10.5 Å². The lowest BCUT2D eigenvalue weighted by molar-refractivity contribution is 0.483. The number of rotatable bonds is 3. The quantitative estimate of drug-likeness (QED) is 0.599. The number of H-pyrrole nitrogens is 1. The maximum absolute atomic E-state index is 5.94. The highest BCUT2D eigenvalue weighted by atomic mass is 16.5. The van der Waals surface area contributed by atoms with Crippen LogP contribution in [-0.2, 0) is 0 Å². The Morgan fingerprint density at radius 3 is 2.39 bits per heavy atom. The minimum atomic E-state index is 0.452. The molecule has 5 heteroatoms. The number of para-hydroxylation sites is 1. The van der Waals surface area contributed by atoms with E-state index in [2.05, 4.69) is 15.2 Å². The molecule has 0 fully saturated rings. The van der Waals surface area contributed by atoms with Crippen LogP contribution in [-0.4, -0.2) is 15.2 Å². The van der Waals surface area contributed by atoms with Gasteiger partial charge in [0.25, 0.3) is 0 Å². The maximum atomic E-state index is 5.94.